The monoisotopic (exact) mass is 849 g/mol. The molecule has 5 unspecified atom stereocenters. The summed E-state index contributed by atoms with van der Waals surface area (Å²) in [6, 6.07) is 19.3. The van der Waals surface area contributed by atoms with Crippen molar-refractivity contribution in [3.8, 4) is 0 Å². The quantitative estimate of drug-likeness (QED) is 0.139. The molecule has 1 fully saturated rings. The van der Waals surface area contributed by atoms with Crippen molar-refractivity contribution in [3.63, 3.8) is 0 Å². The molecule has 5 aromatic rings. The van der Waals surface area contributed by atoms with Crippen molar-refractivity contribution in [2.45, 2.75) is 52.8 Å². The molecular formula is C44H34Cl5N8. The van der Waals surface area contributed by atoms with Crippen molar-refractivity contribution in [3.05, 3.63) is 184 Å². The van der Waals surface area contributed by atoms with Gasteiger partial charge in [0, 0.05) is 82.2 Å². The van der Waals surface area contributed by atoms with Gasteiger partial charge in [-0.2, -0.15) is 0 Å². The summed E-state index contributed by atoms with van der Waals surface area (Å²) in [5.41, 5.74) is 11.5. The Hall–Kier alpha value is -4.57. The van der Waals surface area contributed by atoms with Crippen LogP contribution in [-0.4, -0.2) is 51.7 Å². The van der Waals surface area contributed by atoms with Gasteiger partial charge in [-0.15, -0.1) is 34.8 Å². The van der Waals surface area contributed by atoms with Gasteiger partial charge in [-0.05, 0) is 135 Å². The lowest BCUT2D eigenvalue weighted by Crippen LogP contribution is -2.58. The molecule has 5 aromatic heterocycles. The van der Waals surface area contributed by atoms with Crippen molar-refractivity contribution in [1.82, 2.24) is 30.2 Å². The average molecular weight is 852 g/mol. The van der Waals surface area contributed by atoms with Crippen LogP contribution in [0.2, 0.25) is 0 Å². The number of aromatic nitrogens is 5. The third-order valence-electron chi connectivity index (χ3n) is 10.8. The molecule has 0 amide bonds. The number of nitrogens with zero attached hydrogens (tertiary/aromatic N) is 6. The number of fused-ring (bicyclic) bond motifs is 6. The van der Waals surface area contributed by atoms with Crippen LogP contribution in [0, 0.1) is 34.1 Å². The van der Waals surface area contributed by atoms with Crippen LogP contribution < -0.4 is 5.32 Å². The first-order valence-electron chi connectivity index (χ1n) is 18.2. The van der Waals surface area contributed by atoms with Gasteiger partial charge >= 0.3 is 0 Å². The Morgan fingerprint density at radius 1 is 0.632 bits per heavy atom. The van der Waals surface area contributed by atoms with Gasteiger partial charge in [-0.3, -0.25) is 24.9 Å². The van der Waals surface area contributed by atoms with E-state index in [0.29, 0.717) is 39.6 Å². The van der Waals surface area contributed by atoms with Gasteiger partial charge in [-0.1, -0.05) is 23.2 Å². The number of halogens is 5. The first-order chi connectivity index (χ1) is 27.2. The molecule has 4 aliphatic rings. The second-order valence-corrected chi connectivity index (χ2v) is 17.4. The van der Waals surface area contributed by atoms with Gasteiger partial charge in [0.2, 0.25) is 0 Å². The van der Waals surface area contributed by atoms with Gasteiger partial charge in [0.25, 0.3) is 0 Å². The van der Waals surface area contributed by atoms with E-state index in [0.717, 1.165) is 50.7 Å². The predicted molar refractivity (Wildman–Crippen MR) is 231 cm³/mol. The molecule has 2 N–H and O–H groups in total. The van der Waals surface area contributed by atoms with E-state index >= 15 is 0 Å². The van der Waals surface area contributed by atoms with Crippen molar-refractivity contribution in [1.29, 1.82) is 0 Å². The van der Waals surface area contributed by atoms with E-state index in [1.807, 2.05) is 107 Å². The molecule has 0 spiro atoms. The standard InChI is InChI=1S/C44H34Cl5N8/c1-24-19-28(10-15-50-24)39-32-5-6-33(54-32)40(29-11-16-51-25(2)20-29)35-23-36(45)44(49,56-35)43(48,31-13-18-53-27(4)22-31)38-9-14-41(46,57-38)42(47,37-8-7-34(39)55-37)30-12-17-52-26(3)21-30/h5-23,36,55-56H,1-4H3. The molecular weight excluding hydrogens is 818 g/mol. The Labute approximate surface area is 355 Å². The van der Waals surface area contributed by atoms with Crippen LogP contribution in [0.25, 0.3) is 11.1 Å². The minimum absolute atomic E-state index is 0.344. The minimum Gasteiger partial charge on any atom is -0.366 e. The maximum absolute atomic E-state index is 8.07. The van der Waals surface area contributed by atoms with Crippen LogP contribution in [0.4, 0.5) is 0 Å². The topological polar surface area (TPSA) is 104 Å². The summed E-state index contributed by atoms with van der Waals surface area (Å²) in [7, 11) is 0. The lowest BCUT2D eigenvalue weighted by Gasteiger charge is -2.43. The number of pyridine rings is 4. The Kier molecular flexibility index (Phi) is 9.18. The summed E-state index contributed by atoms with van der Waals surface area (Å²) in [4.78, 5) is 25.7. The lowest BCUT2D eigenvalue weighted by molar-refractivity contribution is 0.481. The summed E-state index contributed by atoms with van der Waals surface area (Å²) in [6.07, 6.45) is 16.4. The number of aromatic amines is 1. The number of aryl methyl sites for hydroxylation is 4. The summed E-state index contributed by atoms with van der Waals surface area (Å²) in [5.74, 6) is 0. The molecule has 5 atom stereocenters. The normalized spacial score (nSPS) is 27.8. The Morgan fingerprint density at radius 3 is 1.82 bits per heavy atom. The molecule has 8 nitrogen and oxygen atoms in total. The zero-order chi connectivity index (χ0) is 39.9. The highest BCUT2D eigenvalue weighted by molar-refractivity contribution is 6.49. The van der Waals surface area contributed by atoms with Crippen LogP contribution in [-0.2, 0) is 9.75 Å². The molecule has 0 aromatic carbocycles. The first-order valence-corrected chi connectivity index (χ1v) is 20.2. The predicted octanol–water partition coefficient (Wildman–Crippen LogP) is 9.94. The number of allylic oxidation sites excluding steroid dienone is 5. The van der Waals surface area contributed by atoms with Crippen LogP contribution in [0.1, 0.15) is 56.4 Å². The van der Waals surface area contributed by atoms with Crippen molar-refractivity contribution in [2.75, 3.05) is 0 Å². The number of H-pyrrole nitrogens is 1. The maximum Gasteiger partial charge on any atom is 0.181 e. The Bertz CT molecular complexity index is 2700. The number of alkyl halides is 5. The third-order valence-corrected chi connectivity index (χ3v) is 14.1. The fourth-order valence-electron chi connectivity index (χ4n) is 8.09. The molecule has 57 heavy (non-hydrogen) atoms. The van der Waals surface area contributed by atoms with E-state index in [-0.39, 0.29) is 0 Å². The van der Waals surface area contributed by atoms with Crippen LogP contribution in [0.5, 0.6) is 0 Å². The van der Waals surface area contributed by atoms with Crippen molar-refractivity contribution in [2.24, 2.45) is 9.98 Å². The molecule has 1 saturated heterocycles. The fourth-order valence-corrected chi connectivity index (χ4v) is 9.95. The zero-order valence-electron chi connectivity index (χ0n) is 31.1. The van der Waals surface area contributed by atoms with E-state index in [9.17, 15) is 0 Å². The highest BCUT2D eigenvalue weighted by Gasteiger charge is 2.64. The van der Waals surface area contributed by atoms with E-state index in [4.69, 9.17) is 68.0 Å². The van der Waals surface area contributed by atoms with Crippen molar-refractivity contribution < 1.29 is 0 Å². The fraction of sp³-hybridized carbons (Fsp3) is 0.205. The number of rotatable bonds is 4. The number of hydrogen-bond donors (Lipinski definition) is 2. The first kappa shape index (κ1) is 38.0. The smallest absolute Gasteiger partial charge is 0.181 e. The van der Waals surface area contributed by atoms with E-state index in [1.165, 1.54) is 0 Å². The largest absolute Gasteiger partial charge is 0.366 e. The van der Waals surface area contributed by atoms with Gasteiger partial charge in [0.15, 0.2) is 14.9 Å². The maximum atomic E-state index is 8.07. The highest BCUT2D eigenvalue weighted by atomic mass is 35.5. The van der Waals surface area contributed by atoms with Gasteiger partial charge in [0.1, 0.15) is 4.87 Å². The molecule has 0 aliphatic carbocycles. The SMILES string of the molecule is Cc1cc(C2=C3[CH]C(Cl)C(Cl)(N3)C(Cl)(c3ccnc(C)c3)C3=NC(Cl)(C=C3)C(Cl)(c3ccnc(C)c3)c3ccc([nH]3)C(c3ccnc(C)c3)=C3C=CC2=N3)ccn1. The van der Waals surface area contributed by atoms with E-state index in [2.05, 4.69) is 30.2 Å². The van der Waals surface area contributed by atoms with Gasteiger partial charge in [0.05, 0.1) is 22.5 Å². The minimum atomic E-state index is -1.64. The molecule has 8 bridgehead atoms. The Morgan fingerprint density at radius 2 is 1.21 bits per heavy atom. The molecule has 1 radical (unpaired) electrons. The molecule has 13 heteroatoms. The summed E-state index contributed by atoms with van der Waals surface area (Å²) >= 11 is 39.3. The van der Waals surface area contributed by atoms with Gasteiger partial charge in [-0.25, -0.2) is 4.99 Å². The molecule has 4 aliphatic heterocycles. The molecule has 0 saturated carbocycles. The molecule has 285 valence electrons. The third kappa shape index (κ3) is 5.94. The second-order valence-electron chi connectivity index (χ2n) is 14.6. The van der Waals surface area contributed by atoms with Crippen molar-refractivity contribution >= 4 is 80.6 Å². The Balaban J connectivity index is 1.40. The average Bonchev–Trinajstić information content (AvgIpc) is 4.00. The number of hydrogen-bond acceptors (Lipinski definition) is 7. The lowest BCUT2D eigenvalue weighted by atomic mass is 9.84. The van der Waals surface area contributed by atoms with Gasteiger partial charge < -0.3 is 10.3 Å². The van der Waals surface area contributed by atoms with Crippen LogP contribution in [0.15, 0.2) is 131 Å². The van der Waals surface area contributed by atoms with Crippen LogP contribution >= 0.6 is 58.0 Å². The second kappa shape index (κ2) is 13.8. The van der Waals surface area contributed by atoms with E-state index in [1.54, 1.807) is 36.9 Å². The number of nitrogens with one attached hydrogen (secondary N) is 2. The molecule has 9 heterocycles. The zero-order valence-corrected chi connectivity index (χ0v) is 34.9. The summed E-state index contributed by atoms with van der Waals surface area (Å²) in [5, 5.41) is 2.72. The number of aliphatic imine (C=N–C) groups is 2. The van der Waals surface area contributed by atoms with E-state index < -0.39 is 25.1 Å². The molecule has 9 rings (SSSR count). The van der Waals surface area contributed by atoms with Crippen LogP contribution in [0.3, 0.4) is 0 Å². The summed E-state index contributed by atoms with van der Waals surface area (Å²) < 4.78 is 0. The summed E-state index contributed by atoms with van der Waals surface area (Å²) in [6.45, 7) is 7.69. The highest BCUT2D eigenvalue weighted by Crippen LogP contribution is 2.58.